The van der Waals surface area contributed by atoms with Crippen LogP contribution in [0.3, 0.4) is 0 Å². The number of ether oxygens (including phenoxy) is 2. The van der Waals surface area contributed by atoms with Crippen molar-refractivity contribution in [3.8, 4) is 11.8 Å². The number of anilines is 1. The zero-order chi connectivity index (χ0) is 15.8. The molecule has 1 aromatic rings. The minimum Gasteiger partial charge on any atom is -0.495 e. The highest BCUT2D eigenvalue weighted by atomic mass is 16.5. The van der Waals surface area contributed by atoms with Crippen molar-refractivity contribution < 1.29 is 19.1 Å². The lowest BCUT2D eigenvalue weighted by Crippen LogP contribution is -2.45. The van der Waals surface area contributed by atoms with E-state index in [0.29, 0.717) is 17.0 Å². The lowest BCUT2D eigenvalue weighted by atomic mass is 10.2. The molecule has 1 rings (SSSR count). The summed E-state index contributed by atoms with van der Waals surface area (Å²) in [6, 6.07) is 6.06. The van der Waals surface area contributed by atoms with Crippen LogP contribution in [-0.4, -0.2) is 38.7 Å². The van der Waals surface area contributed by atoms with Gasteiger partial charge in [0, 0.05) is 19.5 Å². The standard InChI is InChI=1S/C14H17N3O4/c1-9(18)17-12(14(19)21-3)8-16-11-5-4-10(7-15)6-13(11)20-2/h4-6,12,16H,8H2,1-3H3,(H,17,18). The van der Waals surface area contributed by atoms with Gasteiger partial charge in [0.2, 0.25) is 5.91 Å². The smallest absolute Gasteiger partial charge is 0.330 e. The van der Waals surface area contributed by atoms with E-state index in [4.69, 9.17) is 10.00 Å². The molecule has 1 unspecified atom stereocenters. The van der Waals surface area contributed by atoms with E-state index >= 15 is 0 Å². The van der Waals surface area contributed by atoms with Gasteiger partial charge in [-0.25, -0.2) is 4.79 Å². The Morgan fingerprint density at radius 3 is 2.62 bits per heavy atom. The third-order valence-corrected chi connectivity index (χ3v) is 2.69. The van der Waals surface area contributed by atoms with Crippen LogP contribution in [0.1, 0.15) is 12.5 Å². The van der Waals surface area contributed by atoms with Crippen molar-refractivity contribution >= 4 is 17.6 Å². The topological polar surface area (TPSA) is 100 Å². The highest BCUT2D eigenvalue weighted by Gasteiger charge is 2.20. The summed E-state index contributed by atoms with van der Waals surface area (Å²) in [4.78, 5) is 22.7. The minimum atomic E-state index is -0.812. The fraction of sp³-hybridized carbons (Fsp3) is 0.357. The summed E-state index contributed by atoms with van der Waals surface area (Å²) in [6.07, 6.45) is 0. The molecule has 1 aromatic carbocycles. The first kappa shape index (κ1) is 16.3. The van der Waals surface area contributed by atoms with E-state index in [-0.39, 0.29) is 12.5 Å². The number of rotatable bonds is 6. The third-order valence-electron chi connectivity index (χ3n) is 2.69. The molecule has 0 bridgehead atoms. The molecular weight excluding hydrogens is 274 g/mol. The Hall–Kier alpha value is -2.75. The molecule has 21 heavy (non-hydrogen) atoms. The first-order chi connectivity index (χ1) is 10.0. The van der Waals surface area contributed by atoms with Crippen LogP contribution >= 0.6 is 0 Å². The molecule has 0 saturated carbocycles. The van der Waals surface area contributed by atoms with Gasteiger partial charge in [0.1, 0.15) is 11.8 Å². The second kappa shape index (κ2) is 7.75. The van der Waals surface area contributed by atoms with Gasteiger partial charge in [-0.2, -0.15) is 5.26 Å². The van der Waals surface area contributed by atoms with Crippen LogP contribution in [0, 0.1) is 11.3 Å². The van der Waals surface area contributed by atoms with E-state index in [9.17, 15) is 9.59 Å². The van der Waals surface area contributed by atoms with Gasteiger partial charge in [0.25, 0.3) is 0 Å². The SMILES string of the molecule is COC(=O)C(CNc1ccc(C#N)cc1OC)NC(C)=O. The molecule has 0 aliphatic rings. The van der Waals surface area contributed by atoms with Crippen molar-refractivity contribution in [3.05, 3.63) is 23.8 Å². The average Bonchev–Trinajstić information content (AvgIpc) is 2.49. The predicted octanol–water partition coefficient (Wildman–Crippen LogP) is 0.656. The van der Waals surface area contributed by atoms with Gasteiger partial charge in [-0.1, -0.05) is 0 Å². The molecular formula is C14H17N3O4. The number of hydrogen-bond donors (Lipinski definition) is 2. The first-order valence-corrected chi connectivity index (χ1v) is 6.18. The van der Waals surface area contributed by atoms with Crippen molar-refractivity contribution in [2.75, 3.05) is 26.1 Å². The number of carbonyl (C=O) groups is 2. The molecule has 0 aliphatic heterocycles. The molecule has 1 atom stereocenters. The first-order valence-electron chi connectivity index (χ1n) is 6.18. The van der Waals surface area contributed by atoms with Crippen LogP contribution in [0.25, 0.3) is 0 Å². The number of methoxy groups -OCH3 is 2. The van der Waals surface area contributed by atoms with E-state index in [0.717, 1.165) is 0 Å². The lowest BCUT2D eigenvalue weighted by Gasteiger charge is -2.18. The molecule has 0 heterocycles. The molecule has 1 amide bonds. The van der Waals surface area contributed by atoms with Crippen LogP contribution in [0.2, 0.25) is 0 Å². The minimum absolute atomic E-state index is 0.133. The second-order valence-corrected chi connectivity index (χ2v) is 4.18. The fourth-order valence-corrected chi connectivity index (χ4v) is 1.70. The highest BCUT2D eigenvalue weighted by molar-refractivity contribution is 5.83. The zero-order valence-electron chi connectivity index (χ0n) is 12.1. The van der Waals surface area contributed by atoms with Crippen LogP contribution < -0.4 is 15.4 Å². The van der Waals surface area contributed by atoms with Crippen molar-refractivity contribution in [1.82, 2.24) is 5.32 Å². The van der Waals surface area contributed by atoms with Crippen LogP contribution in [0.5, 0.6) is 5.75 Å². The molecule has 7 heteroatoms. The molecule has 0 fully saturated rings. The van der Waals surface area contributed by atoms with Crippen molar-refractivity contribution in [3.63, 3.8) is 0 Å². The van der Waals surface area contributed by atoms with Gasteiger partial charge >= 0.3 is 5.97 Å². The Morgan fingerprint density at radius 2 is 2.10 bits per heavy atom. The number of esters is 1. The summed E-state index contributed by atoms with van der Waals surface area (Å²) in [5.41, 5.74) is 1.07. The largest absolute Gasteiger partial charge is 0.495 e. The fourth-order valence-electron chi connectivity index (χ4n) is 1.70. The summed E-state index contributed by atoms with van der Waals surface area (Å²) in [6.45, 7) is 1.45. The quantitative estimate of drug-likeness (QED) is 0.747. The second-order valence-electron chi connectivity index (χ2n) is 4.18. The van der Waals surface area contributed by atoms with E-state index in [1.54, 1.807) is 18.2 Å². The Labute approximate surface area is 122 Å². The van der Waals surface area contributed by atoms with Crippen LogP contribution in [-0.2, 0) is 14.3 Å². The summed E-state index contributed by atoms with van der Waals surface area (Å²) in [5, 5.41) is 14.3. The molecule has 7 nitrogen and oxygen atoms in total. The number of amides is 1. The van der Waals surface area contributed by atoms with Gasteiger partial charge in [-0.15, -0.1) is 0 Å². The molecule has 112 valence electrons. The van der Waals surface area contributed by atoms with E-state index in [1.165, 1.54) is 21.1 Å². The number of nitrogens with zero attached hydrogens (tertiary/aromatic N) is 1. The predicted molar refractivity (Wildman–Crippen MR) is 75.8 cm³/mol. The van der Waals surface area contributed by atoms with Gasteiger partial charge in [0.15, 0.2) is 0 Å². The number of hydrogen-bond acceptors (Lipinski definition) is 6. The van der Waals surface area contributed by atoms with Crippen molar-refractivity contribution in [2.45, 2.75) is 13.0 Å². The summed E-state index contributed by atoms with van der Waals surface area (Å²) in [7, 11) is 2.73. The maximum atomic E-state index is 11.6. The van der Waals surface area contributed by atoms with E-state index < -0.39 is 12.0 Å². The number of benzene rings is 1. The van der Waals surface area contributed by atoms with Crippen LogP contribution in [0.4, 0.5) is 5.69 Å². The highest BCUT2D eigenvalue weighted by Crippen LogP contribution is 2.25. The number of nitrogens with one attached hydrogen (secondary N) is 2. The average molecular weight is 291 g/mol. The Balaban J connectivity index is 2.82. The zero-order valence-corrected chi connectivity index (χ0v) is 12.1. The van der Waals surface area contributed by atoms with E-state index in [2.05, 4.69) is 15.4 Å². The maximum absolute atomic E-state index is 11.6. The normalized spacial score (nSPS) is 11.0. The summed E-state index contributed by atoms with van der Waals surface area (Å²) in [5.74, 6) is -0.412. The number of nitriles is 1. The summed E-state index contributed by atoms with van der Waals surface area (Å²) < 4.78 is 9.80. The van der Waals surface area contributed by atoms with Crippen LogP contribution in [0.15, 0.2) is 18.2 Å². The van der Waals surface area contributed by atoms with E-state index in [1.807, 2.05) is 6.07 Å². The molecule has 0 saturated heterocycles. The van der Waals surface area contributed by atoms with Gasteiger partial charge in [-0.05, 0) is 12.1 Å². The van der Waals surface area contributed by atoms with Crippen molar-refractivity contribution in [1.29, 1.82) is 5.26 Å². The molecule has 0 spiro atoms. The summed E-state index contributed by atoms with van der Waals surface area (Å²) >= 11 is 0. The van der Waals surface area contributed by atoms with Gasteiger partial charge < -0.3 is 20.1 Å². The third kappa shape index (κ3) is 4.69. The Morgan fingerprint density at radius 1 is 1.38 bits per heavy atom. The maximum Gasteiger partial charge on any atom is 0.330 e. The molecule has 0 aliphatic carbocycles. The van der Waals surface area contributed by atoms with Gasteiger partial charge in [-0.3, -0.25) is 4.79 Å². The molecule has 2 N–H and O–H groups in total. The Bertz CT molecular complexity index is 566. The van der Waals surface area contributed by atoms with Gasteiger partial charge in [0.05, 0.1) is 31.5 Å². The monoisotopic (exact) mass is 291 g/mol. The molecule has 0 aromatic heterocycles. The lowest BCUT2D eigenvalue weighted by molar-refractivity contribution is -0.144. The van der Waals surface area contributed by atoms with Crippen molar-refractivity contribution in [2.24, 2.45) is 0 Å². The number of carbonyl (C=O) groups excluding carboxylic acids is 2. The molecule has 0 radical (unpaired) electrons. The Kier molecular flexibility index (Phi) is 6.01.